The summed E-state index contributed by atoms with van der Waals surface area (Å²) in [6.45, 7) is 10.9. The summed E-state index contributed by atoms with van der Waals surface area (Å²) in [5.41, 5.74) is 8.17. The van der Waals surface area contributed by atoms with Gasteiger partial charge < -0.3 is 15.4 Å². The predicted molar refractivity (Wildman–Crippen MR) is 78.6 cm³/mol. The van der Waals surface area contributed by atoms with E-state index in [1.54, 1.807) is 0 Å². The molecule has 0 spiro atoms. The number of nitrogens with zero attached hydrogens (tertiary/aromatic N) is 2. The van der Waals surface area contributed by atoms with Crippen LogP contribution >= 0.6 is 0 Å². The predicted octanol–water partition coefficient (Wildman–Crippen LogP) is 1.89. The van der Waals surface area contributed by atoms with Crippen LogP contribution in [0.1, 0.15) is 31.9 Å². The van der Waals surface area contributed by atoms with E-state index in [2.05, 4.69) is 36.7 Å². The van der Waals surface area contributed by atoms with Crippen LogP contribution in [-0.2, 0) is 11.2 Å². The van der Waals surface area contributed by atoms with Crippen LogP contribution in [0, 0.1) is 6.92 Å². The highest BCUT2D eigenvalue weighted by Crippen LogP contribution is 2.24. The first-order valence-electron chi connectivity index (χ1n) is 6.97. The third-order valence-corrected chi connectivity index (χ3v) is 3.39. The largest absolute Gasteiger partial charge is 0.372 e. The average molecular weight is 263 g/mol. The van der Waals surface area contributed by atoms with E-state index in [-0.39, 0.29) is 11.6 Å². The number of morpholine rings is 1. The summed E-state index contributed by atoms with van der Waals surface area (Å²) in [6, 6.07) is 2.38. The van der Waals surface area contributed by atoms with Crippen molar-refractivity contribution in [2.75, 3.05) is 24.6 Å². The van der Waals surface area contributed by atoms with Crippen molar-refractivity contribution in [2.24, 2.45) is 5.73 Å². The highest BCUT2D eigenvalue weighted by atomic mass is 16.5. The lowest BCUT2D eigenvalue weighted by Gasteiger charge is -2.39. The Labute approximate surface area is 116 Å². The van der Waals surface area contributed by atoms with Crippen LogP contribution in [-0.4, -0.2) is 36.3 Å². The smallest absolute Gasteiger partial charge is 0.131 e. The lowest BCUT2D eigenvalue weighted by molar-refractivity contribution is -0.0279. The van der Waals surface area contributed by atoms with E-state index in [0.717, 1.165) is 31.9 Å². The van der Waals surface area contributed by atoms with Gasteiger partial charge in [-0.1, -0.05) is 6.07 Å². The Morgan fingerprint density at radius 2 is 2.26 bits per heavy atom. The molecule has 106 valence electrons. The SMILES string of the molecule is Cc1cc(CC(C)N)cnc1N1CCOC(C)(C)C1. The van der Waals surface area contributed by atoms with Crippen molar-refractivity contribution >= 4 is 5.82 Å². The van der Waals surface area contributed by atoms with E-state index in [0.29, 0.717) is 0 Å². The average Bonchev–Trinajstić information content (AvgIpc) is 2.26. The molecule has 2 heterocycles. The van der Waals surface area contributed by atoms with Crippen LogP contribution in [0.3, 0.4) is 0 Å². The molecule has 1 unspecified atom stereocenters. The molecule has 0 saturated carbocycles. The summed E-state index contributed by atoms with van der Waals surface area (Å²) in [4.78, 5) is 6.95. The van der Waals surface area contributed by atoms with Gasteiger partial charge in [0, 0.05) is 25.3 Å². The van der Waals surface area contributed by atoms with Crippen LogP contribution in [0.4, 0.5) is 5.82 Å². The quantitative estimate of drug-likeness (QED) is 0.905. The normalized spacial score (nSPS) is 20.4. The number of rotatable bonds is 3. The van der Waals surface area contributed by atoms with Gasteiger partial charge in [-0.2, -0.15) is 0 Å². The van der Waals surface area contributed by atoms with E-state index in [4.69, 9.17) is 10.5 Å². The fourth-order valence-electron chi connectivity index (χ4n) is 2.64. The van der Waals surface area contributed by atoms with Gasteiger partial charge in [0.25, 0.3) is 0 Å². The molecule has 0 amide bonds. The summed E-state index contributed by atoms with van der Waals surface area (Å²) >= 11 is 0. The lowest BCUT2D eigenvalue weighted by atomic mass is 10.1. The minimum Gasteiger partial charge on any atom is -0.372 e. The first kappa shape index (κ1) is 14.3. The molecule has 2 N–H and O–H groups in total. The van der Waals surface area contributed by atoms with Gasteiger partial charge in [0.15, 0.2) is 0 Å². The maximum Gasteiger partial charge on any atom is 0.131 e. The van der Waals surface area contributed by atoms with Gasteiger partial charge in [0.2, 0.25) is 0 Å². The van der Waals surface area contributed by atoms with Crippen molar-refractivity contribution in [2.45, 2.75) is 45.8 Å². The number of aromatic nitrogens is 1. The number of ether oxygens (including phenoxy) is 1. The van der Waals surface area contributed by atoms with Crippen LogP contribution in [0.25, 0.3) is 0 Å². The van der Waals surface area contributed by atoms with Gasteiger partial charge in [0.05, 0.1) is 12.2 Å². The molecule has 2 rings (SSSR count). The number of hydrogen-bond donors (Lipinski definition) is 1. The maximum absolute atomic E-state index is 5.84. The fourth-order valence-corrected chi connectivity index (χ4v) is 2.64. The zero-order valence-corrected chi connectivity index (χ0v) is 12.4. The van der Waals surface area contributed by atoms with E-state index in [1.807, 2.05) is 13.1 Å². The zero-order chi connectivity index (χ0) is 14.0. The van der Waals surface area contributed by atoms with Crippen LogP contribution in [0.2, 0.25) is 0 Å². The zero-order valence-electron chi connectivity index (χ0n) is 12.4. The van der Waals surface area contributed by atoms with Crippen molar-refractivity contribution in [1.29, 1.82) is 0 Å². The second kappa shape index (κ2) is 5.47. The topological polar surface area (TPSA) is 51.4 Å². The molecule has 1 saturated heterocycles. The van der Waals surface area contributed by atoms with Gasteiger partial charge in [-0.3, -0.25) is 0 Å². The van der Waals surface area contributed by atoms with Crippen molar-refractivity contribution in [3.05, 3.63) is 23.4 Å². The van der Waals surface area contributed by atoms with Gasteiger partial charge in [-0.25, -0.2) is 4.98 Å². The van der Waals surface area contributed by atoms with E-state index < -0.39 is 0 Å². The molecule has 0 radical (unpaired) electrons. The number of aryl methyl sites for hydroxylation is 1. The third-order valence-electron chi connectivity index (χ3n) is 3.39. The first-order valence-corrected chi connectivity index (χ1v) is 6.97. The number of nitrogens with two attached hydrogens (primary N) is 1. The Morgan fingerprint density at radius 1 is 1.53 bits per heavy atom. The molecule has 1 aromatic rings. The third kappa shape index (κ3) is 3.67. The van der Waals surface area contributed by atoms with Gasteiger partial charge in [-0.05, 0) is 45.2 Å². The number of pyridine rings is 1. The van der Waals surface area contributed by atoms with Gasteiger partial charge >= 0.3 is 0 Å². The molecular formula is C15H25N3O. The molecule has 0 aromatic carbocycles. The molecular weight excluding hydrogens is 238 g/mol. The summed E-state index contributed by atoms with van der Waals surface area (Å²) in [7, 11) is 0. The Morgan fingerprint density at radius 3 is 2.84 bits per heavy atom. The van der Waals surface area contributed by atoms with Crippen LogP contribution < -0.4 is 10.6 Å². The Kier molecular flexibility index (Phi) is 4.11. The molecule has 1 aromatic heterocycles. The summed E-state index contributed by atoms with van der Waals surface area (Å²) in [5.74, 6) is 1.07. The molecule has 1 fully saturated rings. The molecule has 0 bridgehead atoms. The molecule has 4 nitrogen and oxygen atoms in total. The highest BCUT2D eigenvalue weighted by Gasteiger charge is 2.28. The van der Waals surface area contributed by atoms with Crippen molar-refractivity contribution < 1.29 is 4.74 Å². The Hall–Kier alpha value is -1.13. The second-order valence-corrected chi connectivity index (χ2v) is 6.20. The minimum absolute atomic E-state index is 0.100. The molecule has 19 heavy (non-hydrogen) atoms. The highest BCUT2D eigenvalue weighted by molar-refractivity contribution is 5.48. The van der Waals surface area contributed by atoms with E-state index >= 15 is 0 Å². The first-order chi connectivity index (χ1) is 8.87. The van der Waals surface area contributed by atoms with Gasteiger partial charge in [-0.15, -0.1) is 0 Å². The van der Waals surface area contributed by atoms with Gasteiger partial charge in [0.1, 0.15) is 5.82 Å². The van der Waals surface area contributed by atoms with E-state index in [9.17, 15) is 0 Å². The molecule has 1 atom stereocenters. The molecule has 1 aliphatic rings. The van der Waals surface area contributed by atoms with E-state index in [1.165, 1.54) is 11.1 Å². The standard InChI is InChI=1S/C15H25N3O/c1-11-7-13(8-12(2)16)9-17-14(11)18-5-6-19-15(3,4)10-18/h7,9,12H,5-6,8,10,16H2,1-4H3. The Bertz CT molecular complexity index is 443. The second-order valence-electron chi connectivity index (χ2n) is 6.20. The summed E-state index contributed by atoms with van der Waals surface area (Å²) in [6.07, 6.45) is 2.83. The molecule has 4 heteroatoms. The summed E-state index contributed by atoms with van der Waals surface area (Å²) in [5, 5.41) is 0. The Balaban J connectivity index is 2.16. The molecule has 0 aliphatic carbocycles. The maximum atomic E-state index is 5.84. The lowest BCUT2D eigenvalue weighted by Crippen LogP contribution is -2.48. The number of anilines is 1. The van der Waals surface area contributed by atoms with Crippen molar-refractivity contribution in [1.82, 2.24) is 4.98 Å². The van der Waals surface area contributed by atoms with Crippen molar-refractivity contribution in [3.8, 4) is 0 Å². The van der Waals surface area contributed by atoms with Crippen LogP contribution in [0.15, 0.2) is 12.3 Å². The minimum atomic E-state index is -0.100. The fraction of sp³-hybridized carbons (Fsp3) is 0.667. The monoisotopic (exact) mass is 263 g/mol. The summed E-state index contributed by atoms with van der Waals surface area (Å²) < 4.78 is 5.75. The molecule has 1 aliphatic heterocycles. The number of hydrogen-bond acceptors (Lipinski definition) is 4. The van der Waals surface area contributed by atoms with Crippen molar-refractivity contribution in [3.63, 3.8) is 0 Å². The van der Waals surface area contributed by atoms with Crippen LogP contribution in [0.5, 0.6) is 0 Å².